The minimum Gasteiger partial charge on any atom is -0.379 e. The van der Waals surface area contributed by atoms with E-state index in [1.807, 2.05) is 4.90 Å². The molecule has 10 nitrogen and oxygen atoms in total. The molecule has 2 aliphatic rings. The second-order valence-electron chi connectivity index (χ2n) is 7.75. The lowest BCUT2D eigenvalue weighted by Crippen LogP contribution is -2.52. The predicted molar refractivity (Wildman–Crippen MR) is 112 cm³/mol. The highest BCUT2D eigenvalue weighted by atomic mass is 16.5. The van der Waals surface area contributed by atoms with E-state index in [1.165, 1.54) is 0 Å². The van der Waals surface area contributed by atoms with Crippen LogP contribution in [0.3, 0.4) is 0 Å². The summed E-state index contributed by atoms with van der Waals surface area (Å²) in [6.45, 7) is 7.08. The van der Waals surface area contributed by atoms with Crippen LogP contribution < -0.4 is 11.0 Å². The Labute approximate surface area is 174 Å². The predicted octanol–water partition coefficient (Wildman–Crippen LogP) is -0.339. The van der Waals surface area contributed by atoms with Gasteiger partial charge < -0.3 is 24.9 Å². The quantitative estimate of drug-likeness (QED) is 0.594. The molecule has 10 heteroatoms. The molecule has 30 heavy (non-hydrogen) atoms. The maximum Gasteiger partial charge on any atom is 0.323 e. The Morgan fingerprint density at radius 3 is 2.47 bits per heavy atom. The van der Waals surface area contributed by atoms with Crippen LogP contribution in [0.1, 0.15) is 6.42 Å². The molecule has 0 unspecified atom stereocenters. The number of nitrogens with zero attached hydrogens (tertiary/aromatic N) is 3. The first-order valence-corrected chi connectivity index (χ1v) is 10.4. The molecule has 4 rings (SSSR count). The van der Waals surface area contributed by atoms with Gasteiger partial charge in [-0.2, -0.15) is 0 Å². The van der Waals surface area contributed by atoms with E-state index < -0.39 is 0 Å². The van der Waals surface area contributed by atoms with Crippen LogP contribution in [0.5, 0.6) is 0 Å². The van der Waals surface area contributed by atoms with Crippen LogP contribution in [0.4, 0.5) is 5.69 Å². The number of rotatable bonds is 6. The molecule has 1 aromatic heterocycles. The molecule has 162 valence electrons. The van der Waals surface area contributed by atoms with E-state index in [9.17, 15) is 14.4 Å². The van der Waals surface area contributed by atoms with Gasteiger partial charge in [0.05, 0.1) is 30.8 Å². The number of aromatic nitrogens is 2. The van der Waals surface area contributed by atoms with Crippen molar-refractivity contribution in [3.05, 3.63) is 28.7 Å². The van der Waals surface area contributed by atoms with Crippen molar-refractivity contribution < 1.29 is 14.3 Å². The van der Waals surface area contributed by atoms with Gasteiger partial charge in [-0.3, -0.25) is 19.4 Å². The van der Waals surface area contributed by atoms with Crippen LogP contribution in [0.2, 0.25) is 0 Å². The Kier molecular flexibility index (Phi) is 6.46. The molecule has 0 spiro atoms. The molecule has 1 aromatic carbocycles. The number of ether oxygens (including phenoxy) is 1. The Bertz CT molecular complexity index is 940. The van der Waals surface area contributed by atoms with Crippen LogP contribution in [0, 0.1) is 0 Å². The first kappa shape index (κ1) is 20.6. The van der Waals surface area contributed by atoms with Gasteiger partial charge in [0.1, 0.15) is 0 Å². The third-order valence-corrected chi connectivity index (χ3v) is 5.64. The molecule has 2 fully saturated rings. The van der Waals surface area contributed by atoms with Gasteiger partial charge in [0, 0.05) is 57.9 Å². The highest BCUT2D eigenvalue weighted by Gasteiger charge is 2.23. The number of amides is 2. The van der Waals surface area contributed by atoms with Crippen molar-refractivity contribution in [2.24, 2.45) is 0 Å². The molecule has 0 aliphatic carbocycles. The fraction of sp³-hybridized carbons (Fsp3) is 0.550. The van der Waals surface area contributed by atoms with Gasteiger partial charge in [-0.05, 0) is 18.2 Å². The van der Waals surface area contributed by atoms with Crippen molar-refractivity contribution in [1.29, 1.82) is 0 Å². The first-order chi connectivity index (χ1) is 14.6. The Morgan fingerprint density at radius 2 is 1.70 bits per heavy atom. The van der Waals surface area contributed by atoms with Crippen molar-refractivity contribution in [3.63, 3.8) is 0 Å². The molecule has 0 radical (unpaired) electrons. The average molecular weight is 416 g/mol. The maximum absolute atomic E-state index is 12.5. The van der Waals surface area contributed by atoms with E-state index in [-0.39, 0.29) is 17.5 Å². The Morgan fingerprint density at radius 1 is 0.967 bits per heavy atom. The number of H-pyrrole nitrogens is 2. The van der Waals surface area contributed by atoms with E-state index >= 15 is 0 Å². The topological polar surface area (TPSA) is 114 Å². The molecule has 3 heterocycles. The summed E-state index contributed by atoms with van der Waals surface area (Å²) in [5.41, 5.74) is 1.76. The number of hydrogen-bond donors (Lipinski definition) is 3. The number of hydrogen-bond acceptors (Lipinski definition) is 6. The standard InChI is InChI=1S/C20H28N6O4/c27-18(21-15-1-2-16-17(13-15)23-20(29)22-16)3-4-24-5-7-26(8-6-24)19(28)14-25-9-11-30-12-10-25/h1-2,13H,3-12,14H2,(H,21,27)(H2,22,23,29). The molecule has 2 aliphatic heterocycles. The summed E-state index contributed by atoms with van der Waals surface area (Å²) < 4.78 is 5.32. The van der Waals surface area contributed by atoms with E-state index in [0.717, 1.165) is 26.2 Å². The van der Waals surface area contributed by atoms with Crippen molar-refractivity contribution in [1.82, 2.24) is 24.7 Å². The van der Waals surface area contributed by atoms with Crippen LogP contribution in [0.15, 0.2) is 23.0 Å². The number of carbonyl (C=O) groups excluding carboxylic acids is 2. The maximum atomic E-state index is 12.5. The highest BCUT2D eigenvalue weighted by Crippen LogP contribution is 2.15. The molecule has 2 aromatic rings. The number of fused-ring (bicyclic) bond motifs is 1. The third-order valence-electron chi connectivity index (χ3n) is 5.64. The monoisotopic (exact) mass is 416 g/mol. The van der Waals surface area contributed by atoms with Crippen LogP contribution in [-0.2, 0) is 14.3 Å². The summed E-state index contributed by atoms with van der Waals surface area (Å²) in [6.07, 6.45) is 0.378. The molecular weight excluding hydrogens is 388 g/mol. The lowest BCUT2D eigenvalue weighted by Gasteiger charge is -2.36. The van der Waals surface area contributed by atoms with Crippen LogP contribution >= 0.6 is 0 Å². The third kappa shape index (κ3) is 5.26. The van der Waals surface area contributed by atoms with E-state index in [1.54, 1.807) is 18.2 Å². The van der Waals surface area contributed by atoms with Crippen molar-refractivity contribution in [3.8, 4) is 0 Å². The molecule has 3 N–H and O–H groups in total. The number of anilines is 1. The molecular formula is C20H28N6O4. The Balaban J connectivity index is 1.18. The number of morpholine rings is 1. The summed E-state index contributed by atoms with van der Waals surface area (Å²) in [5.74, 6) is 0.102. The van der Waals surface area contributed by atoms with Gasteiger partial charge in [0.25, 0.3) is 0 Å². The fourth-order valence-corrected chi connectivity index (χ4v) is 3.86. The molecule has 0 bridgehead atoms. The van der Waals surface area contributed by atoms with Crippen molar-refractivity contribution in [2.75, 3.05) is 70.9 Å². The van der Waals surface area contributed by atoms with Crippen molar-refractivity contribution in [2.45, 2.75) is 6.42 Å². The Hall–Kier alpha value is -2.69. The number of piperazine rings is 1. The van der Waals surface area contributed by atoms with Gasteiger partial charge >= 0.3 is 5.69 Å². The van der Waals surface area contributed by atoms with Gasteiger partial charge in [-0.25, -0.2) is 4.79 Å². The highest BCUT2D eigenvalue weighted by molar-refractivity contribution is 5.93. The van der Waals surface area contributed by atoms with E-state index in [2.05, 4.69) is 25.1 Å². The van der Waals surface area contributed by atoms with Crippen LogP contribution in [-0.4, -0.2) is 102 Å². The molecule has 0 atom stereocenters. The minimum absolute atomic E-state index is 0.0712. The SMILES string of the molecule is O=C(CCN1CCN(C(=O)CN2CCOCC2)CC1)Nc1ccc2[nH]c(=O)[nH]c2c1. The normalized spacial score (nSPS) is 18.6. The average Bonchev–Trinajstić information content (AvgIpc) is 3.12. The van der Waals surface area contributed by atoms with Gasteiger partial charge in [0.15, 0.2) is 0 Å². The summed E-state index contributed by atoms with van der Waals surface area (Å²) in [6, 6.07) is 5.27. The summed E-state index contributed by atoms with van der Waals surface area (Å²) >= 11 is 0. The fourth-order valence-electron chi connectivity index (χ4n) is 3.86. The van der Waals surface area contributed by atoms with Gasteiger partial charge in [-0.1, -0.05) is 0 Å². The van der Waals surface area contributed by atoms with Crippen molar-refractivity contribution >= 4 is 28.5 Å². The lowest BCUT2D eigenvalue weighted by molar-refractivity contribution is -0.135. The molecule has 0 saturated carbocycles. The largest absolute Gasteiger partial charge is 0.379 e. The summed E-state index contributed by atoms with van der Waals surface area (Å²) in [4.78, 5) is 47.7. The van der Waals surface area contributed by atoms with Gasteiger partial charge in [0.2, 0.25) is 11.8 Å². The zero-order valence-electron chi connectivity index (χ0n) is 17.0. The van der Waals surface area contributed by atoms with Gasteiger partial charge in [-0.15, -0.1) is 0 Å². The summed E-state index contributed by atoms with van der Waals surface area (Å²) in [7, 11) is 0. The summed E-state index contributed by atoms with van der Waals surface area (Å²) in [5, 5.41) is 2.87. The zero-order chi connectivity index (χ0) is 20.9. The lowest BCUT2D eigenvalue weighted by atomic mass is 10.2. The minimum atomic E-state index is -0.268. The van der Waals surface area contributed by atoms with E-state index in [4.69, 9.17) is 4.74 Å². The second kappa shape index (κ2) is 9.41. The number of carbonyl (C=O) groups is 2. The number of nitrogens with one attached hydrogen (secondary N) is 3. The number of imidazole rings is 1. The first-order valence-electron chi connectivity index (χ1n) is 10.4. The second-order valence-corrected chi connectivity index (χ2v) is 7.75. The molecule has 2 saturated heterocycles. The molecule has 2 amide bonds. The smallest absolute Gasteiger partial charge is 0.323 e. The zero-order valence-corrected chi connectivity index (χ0v) is 17.0. The van der Waals surface area contributed by atoms with Crippen LogP contribution in [0.25, 0.3) is 11.0 Å². The number of benzene rings is 1. The van der Waals surface area contributed by atoms with E-state index in [0.29, 0.717) is 62.5 Å². The number of aromatic amines is 2.